The molecule has 1 aliphatic heterocycles. The van der Waals surface area contributed by atoms with Crippen LogP contribution in [0.25, 0.3) is 0 Å². The molecule has 2 N–H and O–H groups in total. The quantitative estimate of drug-likeness (QED) is 0.650. The molecule has 6 nitrogen and oxygen atoms in total. The molecular weight excluding hydrogens is 389 g/mol. The lowest BCUT2D eigenvalue weighted by atomic mass is 9.96. The zero-order chi connectivity index (χ0) is 20.2. The molecule has 1 atom stereocenters. The second kappa shape index (κ2) is 8.84. The first-order chi connectivity index (χ1) is 14.1. The summed E-state index contributed by atoms with van der Waals surface area (Å²) in [6, 6.07) is 9.99. The fourth-order valence-corrected chi connectivity index (χ4v) is 4.53. The van der Waals surface area contributed by atoms with Crippen molar-refractivity contribution in [2.45, 2.75) is 31.7 Å². The number of likely N-dealkylation sites (tertiary alicyclic amines) is 1. The summed E-state index contributed by atoms with van der Waals surface area (Å²) in [6.45, 7) is 3.93. The fourth-order valence-electron chi connectivity index (χ4n) is 3.73. The van der Waals surface area contributed by atoms with Gasteiger partial charge in [-0.3, -0.25) is 14.8 Å². The van der Waals surface area contributed by atoms with Crippen molar-refractivity contribution in [1.82, 2.24) is 25.4 Å². The van der Waals surface area contributed by atoms with E-state index in [2.05, 4.69) is 25.4 Å². The Bertz CT molecular complexity index is 932. The van der Waals surface area contributed by atoms with Crippen molar-refractivity contribution in [2.24, 2.45) is 0 Å². The molecule has 152 valence electrons. The van der Waals surface area contributed by atoms with Crippen molar-refractivity contribution >= 4 is 17.2 Å². The van der Waals surface area contributed by atoms with Crippen molar-refractivity contribution in [1.29, 1.82) is 0 Å². The summed E-state index contributed by atoms with van der Waals surface area (Å²) < 4.78 is 13.3. The number of aryl methyl sites for hydroxylation is 1. The standard InChI is InChI=1S/C21H24FN5OS/c1-14-23-21(26-25-14)16-8-10-27(11-9-16)13-19(28)24-20(18-3-2-12-29-18)15-4-6-17(22)7-5-15/h2-7,12,16,20H,8-11,13H2,1H3,(H,24,28)(H,23,25,26)/t20-/m1/s1. The first-order valence-corrected chi connectivity index (χ1v) is 10.7. The van der Waals surface area contributed by atoms with Crippen LogP contribution in [0.2, 0.25) is 0 Å². The summed E-state index contributed by atoms with van der Waals surface area (Å²) in [7, 11) is 0. The molecule has 0 aliphatic carbocycles. The van der Waals surface area contributed by atoms with Gasteiger partial charge in [-0.25, -0.2) is 9.37 Å². The van der Waals surface area contributed by atoms with E-state index in [1.807, 2.05) is 24.4 Å². The highest BCUT2D eigenvalue weighted by atomic mass is 32.1. The van der Waals surface area contributed by atoms with Crippen molar-refractivity contribution < 1.29 is 9.18 Å². The monoisotopic (exact) mass is 413 g/mol. The van der Waals surface area contributed by atoms with Crippen LogP contribution in [0.15, 0.2) is 41.8 Å². The van der Waals surface area contributed by atoms with E-state index in [0.717, 1.165) is 48.0 Å². The molecule has 1 saturated heterocycles. The summed E-state index contributed by atoms with van der Waals surface area (Å²) in [5.41, 5.74) is 0.876. The normalized spacial score (nSPS) is 16.6. The van der Waals surface area contributed by atoms with Gasteiger partial charge in [0.15, 0.2) is 5.82 Å². The number of nitrogens with zero attached hydrogens (tertiary/aromatic N) is 3. The number of halogens is 1. The highest BCUT2D eigenvalue weighted by molar-refractivity contribution is 7.10. The summed E-state index contributed by atoms with van der Waals surface area (Å²) in [6.07, 6.45) is 1.88. The largest absolute Gasteiger partial charge is 0.343 e. The third-order valence-electron chi connectivity index (χ3n) is 5.27. The number of hydrogen-bond acceptors (Lipinski definition) is 5. The van der Waals surface area contributed by atoms with Gasteiger partial charge in [0.2, 0.25) is 5.91 Å². The van der Waals surface area contributed by atoms with E-state index in [-0.39, 0.29) is 17.8 Å². The summed E-state index contributed by atoms with van der Waals surface area (Å²) in [5, 5.41) is 12.3. The number of piperidine rings is 1. The molecule has 0 unspecified atom stereocenters. The maximum absolute atomic E-state index is 13.3. The number of nitrogens with one attached hydrogen (secondary N) is 2. The number of benzene rings is 1. The van der Waals surface area contributed by atoms with Gasteiger partial charge in [0.1, 0.15) is 11.6 Å². The predicted octanol–water partition coefficient (Wildman–Crippen LogP) is 3.40. The van der Waals surface area contributed by atoms with Gasteiger partial charge < -0.3 is 5.32 Å². The van der Waals surface area contributed by atoms with E-state index in [1.54, 1.807) is 23.5 Å². The molecular formula is C21H24FN5OS. The SMILES string of the molecule is Cc1nc(C2CCN(CC(=O)N[C@H](c3ccc(F)cc3)c3cccs3)CC2)n[nH]1. The Morgan fingerprint density at radius 1 is 1.31 bits per heavy atom. The van der Waals surface area contributed by atoms with E-state index >= 15 is 0 Å². The van der Waals surface area contributed by atoms with E-state index in [4.69, 9.17) is 0 Å². The average molecular weight is 414 g/mol. The second-order valence-electron chi connectivity index (χ2n) is 7.40. The molecule has 2 aromatic heterocycles. The van der Waals surface area contributed by atoms with E-state index in [9.17, 15) is 9.18 Å². The number of aromatic amines is 1. The second-order valence-corrected chi connectivity index (χ2v) is 8.38. The molecule has 8 heteroatoms. The van der Waals surface area contributed by atoms with Gasteiger partial charge in [0, 0.05) is 10.8 Å². The van der Waals surface area contributed by atoms with Gasteiger partial charge in [-0.2, -0.15) is 5.10 Å². The van der Waals surface area contributed by atoms with Gasteiger partial charge in [-0.05, 0) is 62.0 Å². The van der Waals surface area contributed by atoms with Gasteiger partial charge in [0.05, 0.1) is 12.6 Å². The summed E-state index contributed by atoms with van der Waals surface area (Å²) in [5.74, 6) is 1.75. The smallest absolute Gasteiger partial charge is 0.234 e. The molecule has 0 spiro atoms. The molecule has 1 aromatic carbocycles. The minimum Gasteiger partial charge on any atom is -0.343 e. The van der Waals surface area contributed by atoms with E-state index in [0.29, 0.717) is 12.5 Å². The zero-order valence-electron chi connectivity index (χ0n) is 16.3. The molecule has 3 aromatic rings. The Kier molecular flexibility index (Phi) is 6.01. The zero-order valence-corrected chi connectivity index (χ0v) is 17.1. The average Bonchev–Trinajstić information content (AvgIpc) is 3.39. The third-order valence-corrected chi connectivity index (χ3v) is 6.21. The minimum atomic E-state index is -0.283. The van der Waals surface area contributed by atoms with Crippen LogP contribution in [0.4, 0.5) is 4.39 Å². The van der Waals surface area contributed by atoms with Gasteiger partial charge >= 0.3 is 0 Å². The van der Waals surface area contributed by atoms with Crippen molar-refractivity contribution in [3.8, 4) is 0 Å². The molecule has 1 amide bonds. The summed E-state index contributed by atoms with van der Waals surface area (Å²) >= 11 is 1.58. The van der Waals surface area contributed by atoms with E-state index in [1.165, 1.54) is 12.1 Å². The molecule has 1 aliphatic rings. The van der Waals surface area contributed by atoms with Crippen LogP contribution >= 0.6 is 11.3 Å². The number of carbonyl (C=O) groups is 1. The Hall–Kier alpha value is -2.58. The minimum absolute atomic E-state index is 0.0279. The maximum Gasteiger partial charge on any atom is 0.234 e. The van der Waals surface area contributed by atoms with Crippen LogP contribution in [0.1, 0.15) is 46.9 Å². The van der Waals surface area contributed by atoms with Crippen LogP contribution in [-0.4, -0.2) is 45.6 Å². The van der Waals surface area contributed by atoms with Crippen LogP contribution in [-0.2, 0) is 4.79 Å². The molecule has 0 saturated carbocycles. The lowest BCUT2D eigenvalue weighted by molar-refractivity contribution is -0.123. The number of thiophene rings is 1. The molecule has 0 radical (unpaired) electrons. The Morgan fingerprint density at radius 2 is 2.07 bits per heavy atom. The molecule has 3 heterocycles. The Morgan fingerprint density at radius 3 is 2.69 bits per heavy atom. The van der Waals surface area contributed by atoms with Crippen LogP contribution in [0, 0.1) is 12.7 Å². The lowest BCUT2D eigenvalue weighted by Crippen LogP contribution is -2.42. The lowest BCUT2D eigenvalue weighted by Gasteiger charge is -2.30. The van der Waals surface area contributed by atoms with Crippen LogP contribution in [0.5, 0.6) is 0 Å². The predicted molar refractivity (Wildman–Crippen MR) is 110 cm³/mol. The summed E-state index contributed by atoms with van der Waals surface area (Å²) in [4.78, 5) is 20.4. The molecule has 1 fully saturated rings. The first-order valence-electron chi connectivity index (χ1n) is 9.78. The van der Waals surface area contributed by atoms with E-state index < -0.39 is 0 Å². The first kappa shape index (κ1) is 19.7. The van der Waals surface area contributed by atoms with Crippen LogP contribution in [0.3, 0.4) is 0 Å². The van der Waals surface area contributed by atoms with Gasteiger partial charge in [-0.15, -0.1) is 11.3 Å². The molecule has 29 heavy (non-hydrogen) atoms. The fraction of sp³-hybridized carbons (Fsp3) is 0.381. The van der Waals surface area contributed by atoms with Crippen molar-refractivity contribution in [3.63, 3.8) is 0 Å². The highest BCUT2D eigenvalue weighted by Crippen LogP contribution is 2.27. The topological polar surface area (TPSA) is 73.9 Å². The number of hydrogen-bond donors (Lipinski definition) is 2. The number of amides is 1. The van der Waals surface area contributed by atoms with Crippen molar-refractivity contribution in [3.05, 3.63) is 69.7 Å². The Labute approximate surface area is 173 Å². The number of H-pyrrole nitrogens is 1. The van der Waals surface area contributed by atoms with Gasteiger partial charge in [0.25, 0.3) is 0 Å². The van der Waals surface area contributed by atoms with Crippen molar-refractivity contribution in [2.75, 3.05) is 19.6 Å². The van der Waals surface area contributed by atoms with Crippen LogP contribution < -0.4 is 5.32 Å². The third kappa shape index (κ3) is 4.89. The van der Waals surface area contributed by atoms with Gasteiger partial charge in [-0.1, -0.05) is 18.2 Å². The Balaban J connectivity index is 1.36. The maximum atomic E-state index is 13.3. The molecule has 0 bridgehead atoms. The number of rotatable bonds is 6. The molecule has 4 rings (SSSR count). The number of aromatic nitrogens is 3. The highest BCUT2D eigenvalue weighted by Gasteiger charge is 2.25. The number of carbonyl (C=O) groups excluding carboxylic acids is 1.